The molecule has 1 atom stereocenters. The maximum atomic E-state index is 13.3. The van der Waals surface area contributed by atoms with E-state index in [1.54, 1.807) is 0 Å². The Morgan fingerprint density at radius 1 is 1.53 bits per heavy atom. The molecule has 2 heterocycles. The van der Waals surface area contributed by atoms with Gasteiger partial charge in [-0.1, -0.05) is 0 Å². The van der Waals surface area contributed by atoms with Crippen LogP contribution in [0.1, 0.15) is 25.7 Å². The maximum Gasteiger partial charge on any atom is 0.222 e. The van der Waals surface area contributed by atoms with Crippen molar-refractivity contribution in [3.05, 3.63) is 12.0 Å². The van der Waals surface area contributed by atoms with Crippen molar-refractivity contribution in [1.29, 1.82) is 0 Å². The summed E-state index contributed by atoms with van der Waals surface area (Å²) in [6.45, 7) is 1.46. The highest BCUT2D eigenvalue weighted by atomic mass is 19.1. The molecule has 0 bridgehead atoms. The minimum absolute atomic E-state index is 0.0721. The summed E-state index contributed by atoms with van der Waals surface area (Å²) in [6.07, 6.45) is 5.63. The van der Waals surface area contributed by atoms with E-state index >= 15 is 0 Å². The number of nitrogens with zero attached hydrogens (tertiary/aromatic N) is 2. The number of aromatic nitrogens is 2. The van der Waals surface area contributed by atoms with Crippen LogP contribution in [0.5, 0.6) is 0 Å². The van der Waals surface area contributed by atoms with Gasteiger partial charge in [-0.25, -0.2) is 9.37 Å². The second kappa shape index (κ2) is 5.77. The highest BCUT2D eigenvalue weighted by Gasteiger charge is 2.13. The Labute approximate surface area is 99.6 Å². The van der Waals surface area contributed by atoms with Crippen molar-refractivity contribution in [2.24, 2.45) is 0 Å². The zero-order chi connectivity index (χ0) is 12.1. The maximum absolute atomic E-state index is 13.3. The van der Waals surface area contributed by atoms with Crippen molar-refractivity contribution < 1.29 is 9.13 Å². The van der Waals surface area contributed by atoms with Gasteiger partial charge in [0.25, 0.3) is 0 Å². The van der Waals surface area contributed by atoms with Crippen LogP contribution in [0, 0.1) is 5.82 Å². The van der Waals surface area contributed by atoms with Gasteiger partial charge in [0.2, 0.25) is 5.95 Å². The van der Waals surface area contributed by atoms with Crippen molar-refractivity contribution in [2.75, 3.05) is 24.2 Å². The number of hydrogen-bond donors (Lipinski definition) is 2. The van der Waals surface area contributed by atoms with Gasteiger partial charge < -0.3 is 15.8 Å². The average Bonchev–Trinajstić information content (AvgIpc) is 2.35. The lowest BCUT2D eigenvalue weighted by Gasteiger charge is -2.22. The summed E-state index contributed by atoms with van der Waals surface area (Å²) < 4.78 is 18.8. The number of anilines is 2. The molecule has 1 aromatic rings. The Balaban J connectivity index is 1.79. The third-order valence-corrected chi connectivity index (χ3v) is 2.80. The van der Waals surface area contributed by atoms with Gasteiger partial charge in [0.15, 0.2) is 11.6 Å². The Bertz CT molecular complexity index is 368. The molecule has 3 N–H and O–H groups in total. The predicted molar refractivity (Wildman–Crippen MR) is 63.1 cm³/mol. The molecule has 0 aromatic carbocycles. The van der Waals surface area contributed by atoms with Crippen LogP contribution in [-0.2, 0) is 4.74 Å². The predicted octanol–water partition coefficient (Wildman–Crippen LogP) is 1.57. The number of nitrogen functional groups attached to an aromatic ring is 1. The minimum atomic E-state index is -0.483. The zero-order valence-electron chi connectivity index (χ0n) is 9.66. The average molecular weight is 240 g/mol. The van der Waals surface area contributed by atoms with Crippen LogP contribution >= 0.6 is 0 Å². The van der Waals surface area contributed by atoms with Gasteiger partial charge in [-0.05, 0) is 25.7 Å². The van der Waals surface area contributed by atoms with E-state index in [0.717, 1.165) is 32.1 Å². The minimum Gasteiger partial charge on any atom is -0.378 e. The van der Waals surface area contributed by atoms with E-state index in [9.17, 15) is 4.39 Å². The van der Waals surface area contributed by atoms with E-state index in [-0.39, 0.29) is 17.9 Å². The van der Waals surface area contributed by atoms with E-state index in [0.29, 0.717) is 6.54 Å². The molecule has 1 aromatic heterocycles. The van der Waals surface area contributed by atoms with E-state index in [1.807, 2.05) is 0 Å². The molecule has 0 amide bonds. The van der Waals surface area contributed by atoms with Crippen LogP contribution in [0.3, 0.4) is 0 Å². The second-order valence-electron chi connectivity index (χ2n) is 4.13. The molecule has 1 aliphatic rings. The molecule has 1 unspecified atom stereocenters. The molecule has 0 saturated carbocycles. The summed E-state index contributed by atoms with van der Waals surface area (Å²) in [6, 6.07) is 0. The van der Waals surface area contributed by atoms with Crippen molar-refractivity contribution >= 4 is 11.8 Å². The standard InChI is InChI=1S/C11H17FN4O/c12-9-7-15-11(13)16-10(9)14-5-4-8-3-1-2-6-17-8/h7-8H,1-6H2,(H3,13,14,15,16). The molecular weight excluding hydrogens is 223 g/mol. The van der Waals surface area contributed by atoms with E-state index in [4.69, 9.17) is 10.5 Å². The number of hydrogen-bond acceptors (Lipinski definition) is 5. The largest absolute Gasteiger partial charge is 0.378 e. The Morgan fingerprint density at radius 2 is 2.41 bits per heavy atom. The summed E-state index contributed by atoms with van der Waals surface area (Å²) in [5, 5.41) is 2.91. The molecule has 0 radical (unpaired) electrons. The lowest BCUT2D eigenvalue weighted by molar-refractivity contribution is 0.0134. The molecule has 5 nitrogen and oxygen atoms in total. The van der Waals surface area contributed by atoms with Crippen LogP contribution in [0.15, 0.2) is 6.20 Å². The van der Waals surface area contributed by atoms with Crippen LogP contribution in [0.25, 0.3) is 0 Å². The van der Waals surface area contributed by atoms with Crippen molar-refractivity contribution in [3.8, 4) is 0 Å². The Kier molecular flexibility index (Phi) is 4.08. The number of halogens is 1. The molecule has 94 valence electrons. The van der Waals surface area contributed by atoms with Gasteiger partial charge in [0.05, 0.1) is 12.3 Å². The quantitative estimate of drug-likeness (QED) is 0.835. The lowest BCUT2D eigenvalue weighted by Crippen LogP contribution is -2.22. The normalized spacial score (nSPS) is 20.2. The summed E-state index contributed by atoms with van der Waals surface area (Å²) in [4.78, 5) is 7.36. The van der Waals surface area contributed by atoms with Gasteiger partial charge in [-0.3, -0.25) is 0 Å². The highest BCUT2D eigenvalue weighted by molar-refractivity contribution is 5.38. The first-order chi connectivity index (χ1) is 8.25. The van der Waals surface area contributed by atoms with Gasteiger partial charge in [-0.15, -0.1) is 0 Å². The molecule has 1 aliphatic heterocycles. The summed E-state index contributed by atoms with van der Waals surface area (Å²) >= 11 is 0. The first-order valence-corrected chi connectivity index (χ1v) is 5.89. The van der Waals surface area contributed by atoms with Crippen LogP contribution in [-0.4, -0.2) is 29.2 Å². The molecule has 17 heavy (non-hydrogen) atoms. The van der Waals surface area contributed by atoms with Crippen molar-refractivity contribution in [1.82, 2.24) is 9.97 Å². The Hall–Kier alpha value is -1.43. The van der Waals surface area contributed by atoms with Crippen molar-refractivity contribution in [2.45, 2.75) is 31.8 Å². The molecule has 0 aliphatic carbocycles. The fourth-order valence-corrected chi connectivity index (χ4v) is 1.89. The lowest BCUT2D eigenvalue weighted by atomic mass is 10.1. The number of nitrogens with one attached hydrogen (secondary N) is 1. The molecule has 6 heteroatoms. The molecular formula is C11H17FN4O. The summed E-state index contributed by atoms with van der Waals surface area (Å²) in [5.41, 5.74) is 5.39. The fourth-order valence-electron chi connectivity index (χ4n) is 1.89. The van der Waals surface area contributed by atoms with Gasteiger partial charge in [-0.2, -0.15) is 4.98 Å². The molecule has 1 fully saturated rings. The highest BCUT2D eigenvalue weighted by Crippen LogP contribution is 2.16. The zero-order valence-corrected chi connectivity index (χ0v) is 9.66. The smallest absolute Gasteiger partial charge is 0.222 e. The number of nitrogens with two attached hydrogens (primary N) is 1. The van der Waals surface area contributed by atoms with Gasteiger partial charge in [0.1, 0.15) is 0 Å². The van der Waals surface area contributed by atoms with E-state index in [2.05, 4.69) is 15.3 Å². The third kappa shape index (κ3) is 3.52. The monoisotopic (exact) mass is 240 g/mol. The van der Waals surface area contributed by atoms with E-state index < -0.39 is 5.82 Å². The second-order valence-corrected chi connectivity index (χ2v) is 4.13. The summed E-state index contributed by atoms with van der Waals surface area (Å²) in [5.74, 6) is -0.250. The number of rotatable bonds is 4. The van der Waals surface area contributed by atoms with Crippen LogP contribution < -0.4 is 11.1 Å². The number of ether oxygens (including phenoxy) is 1. The molecule has 2 rings (SSSR count). The van der Waals surface area contributed by atoms with Gasteiger partial charge >= 0.3 is 0 Å². The van der Waals surface area contributed by atoms with Crippen LogP contribution in [0.2, 0.25) is 0 Å². The first kappa shape index (κ1) is 12.0. The third-order valence-electron chi connectivity index (χ3n) is 2.80. The Morgan fingerprint density at radius 3 is 3.18 bits per heavy atom. The fraction of sp³-hybridized carbons (Fsp3) is 0.636. The topological polar surface area (TPSA) is 73.1 Å². The SMILES string of the molecule is Nc1ncc(F)c(NCCC2CCCCO2)n1. The summed E-state index contributed by atoms with van der Waals surface area (Å²) in [7, 11) is 0. The van der Waals surface area contributed by atoms with Gasteiger partial charge in [0, 0.05) is 13.2 Å². The van der Waals surface area contributed by atoms with Crippen LogP contribution in [0.4, 0.5) is 16.2 Å². The first-order valence-electron chi connectivity index (χ1n) is 5.89. The van der Waals surface area contributed by atoms with E-state index in [1.165, 1.54) is 6.42 Å². The van der Waals surface area contributed by atoms with Crippen molar-refractivity contribution in [3.63, 3.8) is 0 Å². The molecule has 1 saturated heterocycles. The molecule has 0 spiro atoms.